The van der Waals surface area contributed by atoms with E-state index in [1.54, 1.807) is 10.8 Å². The molecule has 0 spiro atoms. The third-order valence-electron chi connectivity index (χ3n) is 5.12. The first-order chi connectivity index (χ1) is 13.2. The summed E-state index contributed by atoms with van der Waals surface area (Å²) in [6.07, 6.45) is 1.57. The van der Waals surface area contributed by atoms with Gasteiger partial charge in [-0.2, -0.15) is 4.52 Å². The Bertz CT molecular complexity index is 886. The van der Waals surface area contributed by atoms with Crippen LogP contribution in [0.3, 0.4) is 0 Å². The van der Waals surface area contributed by atoms with Gasteiger partial charge in [-0.05, 0) is 24.6 Å². The summed E-state index contributed by atoms with van der Waals surface area (Å²) in [5.41, 5.74) is 1.38. The smallest absolute Gasteiger partial charge is 0.177 e. The quantitative estimate of drug-likeness (QED) is 0.676. The highest BCUT2D eigenvalue weighted by atomic mass is 16.5. The van der Waals surface area contributed by atoms with E-state index in [0.29, 0.717) is 31.2 Å². The molecule has 0 aliphatic carbocycles. The van der Waals surface area contributed by atoms with E-state index >= 15 is 0 Å². The van der Waals surface area contributed by atoms with Crippen LogP contribution in [-0.2, 0) is 11.3 Å². The number of aliphatic hydroxyl groups excluding tert-OH is 1. The molecule has 2 atom stereocenters. The van der Waals surface area contributed by atoms with Crippen LogP contribution >= 0.6 is 0 Å². The molecule has 0 saturated carbocycles. The van der Waals surface area contributed by atoms with E-state index in [2.05, 4.69) is 44.6 Å². The summed E-state index contributed by atoms with van der Waals surface area (Å²) in [7, 11) is 0. The molecule has 0 amide bonds. The van der Waals surface area contributed by atoms with E-state index in [4.69, 9.17) is 4.74 Å². The number of aliphatic hydroxyl groups is 1. The first kappa shape index (κ1) is 17.8. The Hall–Kier alpha value is -2.55. The molecule has 1 aliphatic heterocycles. The van der Waals surface area contributed by atoms with Crippen molar-refractivity contribution in [3.05, 3.63) is 54.4 Å². The number of ether oxygens (including phenoxy) is 1. The van der Waals surface area contributed by atoms with Crippen LogP contribution in [0.25, 0.3) is 5.65 Å². The average molecular weight is 368 g/mol. The number of nitrogens with one attached hydrogen (secondary N) is 1. The van der Waals surface area contributed by atoms with Crippen molar-refractivity contribution in [1.29, 1.82) is 0 Å². The molecule has 2 N–H and O–H groups in total. The predicted molar refractivity (Wildman–Crippen MR) is 101 cm³/mol. The zero-order valence-electron chi connectivity index (χ0n) is 15.3. The van der Waals surface area contributed by atoms with Crippen LogP contribution in [0.15, 0.2) is 48.8 Å². The molecule has 3 heterocycles. The standard InChI is InChI=1S/C19H24N6O2/c1-15-10-27-13-19(12-26,24(15)9-16-5-3-2-4-6-16)11-20-17-7-8-18-22-21-14-25(18)23-17/h2-8,14-15,26H,9-13H2,1H3,(H,20,23)/t15-,19+/m1/s1. The number of aromatic nitrogens is 4. The van der Waals surface area contributed by atoms with Gasteiger partial charge in [0.05, 0.1) is 25.4 Å². The lowest BCUT2D eigenvalue weighted by atomic mass is 9.94. The van der Waals surface area contributed by atoms with Gasteiger partial charge in [0.15, 0.2) is 5.65 Å². The van der Waals surface area contributed by atoms with E-state index in [-0.39, 0.29) is 12.6 Å². The minimum atomic E-state index is -0.530. The fraction of sp³-hybridized carbons (Fsp3) is 0.421. The monoisotopic (exact) mass is 368 g/mol. The molecular weight excluding hydrogens is 344 g/mol. The summed E-state index contributed by atoms with van der Waals surface area (Å²) in [6.45, 7) is 4.51. The first-order valence-electron chi connectivity index (χ1n) is 9.10. The maximum absolute atomic E-state index is 10.3. The fourth-order valence-corrected chi connectivity index (χ4v) is 3.59. The third kappa shape index (κ3) is 3.64. The number of hydrogen-bond donors (Lipinski definition) is 2. The Morgan fingerprint density at radius 3 is 2.93 bits per heavy atom. The molecule has 2 aromatic heterocycles. The predicted octanol–water partition coefficient (Wildman–Crippen LogP) is 1.19. The second kappa shape index (κ2) is 7.59. The van der Waals surface area contributed by atoms with Crippen molar-refractivity contribution in [1.82, 2.24) is 24.7 Å². The molecule has 0 unspecified atom stereocenters. The van der Waals surface area contributed by atoms with Crippen molar-refractivity contribution < 1.29 is 9.84 Å². The highest BCUT2D eigenvalue weighted by Gasteiger charge is 2.42. The molecular formula is C19H24N6O2. The minimum Gasteiger partial charge on any atom is -0.394 e. The van der Waals surface area contributed by atoms with E-state index in [0.717, 1.165) is 6.54 Å². The normalized spacial score (nSPS) is 23.6. The summed E-state index contributed by atoms with van der Waals surface area (Å²) in [6, 6.07) is 14.2. The number of benzene rings is 1. The van der Waals surface area contributed by atoms with Gasteiger partial charge in [-0.3, -0.25) is 4.90 Å². The summed E-state index contributed by atoms with van der Waals surface area (Å²) >= 11 is 0. The van der Waals surface area contributed by atoms with Crippen molar-refractivity contribution in [2.24, 2.45) is 0 Å². The molecule has 1 aliphatic rings. The Labute approximate surface area is 157 Å². The molecule has 3 aromatic rings. The first-order valence-corrected chi connectivity index (χ1v) is 9.10. The largest absolute Gasteiger partial charge is 0.394 e. The number of morpholine rings is 1. The molecule has 4 rings (SSSR count). The van der Waals surface area contributed by atoms with E-state index < -0.39 is 5.54 Å². The van der Waals surface area contributed by atoms with Gasteiger partial charge in [0.1, 0.15) is 12.1 Å². The van der Waals surface area contributed by atoms with Crippen LogP contribution in [0.4, 0.5) is 5.82 Å². The van der Waals surface area contributed by atoms with Crippen LogP contribution in [0.1, 0.15) is 12.5 Å². The van der Waals surface area contributed by atoms with Crippen molar-refractivity contribution in [2.75, 3.05) is 31.7 Å². The van der Waals surface area contributed by atoms with Crippen molar-refractivity contribution in [3.8, 4) is 0 Å². The number of hydrogen-bond acceptors (Lipinski definition) is 7. The van der Waals surface area contributed by atoms with Gasteiger partial charge in [0.25, 0.3) is 0 Å². The lowest BCUT2D eigenvalue weighted by molar-refractivity contribution is -0.117. The molecule has 27 heavy (non-hydrogen) atoms. The molecule has 8 nitrogen and oxygen atoms in total. The zero-order valence-corrected chi connectivity index (χ0v) is 15.3. The molecule has 0 radical (unpaired) electrons. The van der Waals surface area contributed by atoms with Crippen molar-refractivity contribution in [3.63, 3.8) is 0 Å². The summed E-state index contributed by atoms with van der Waals surface area (Å²) in [4.78, 5) is 2.33. The molecule has 8 heteroatoms. The maximum atomic E-state index is 10.3. The van der Waals surface area contributed by atoms with E-state index in [1.165, 1.54) is 5.56 Å². The van der Waals surface area contributed by atoms with Gasteiger partial charge < -0.3 is 15.2 Å². The Balaban J connectivity index is 1.55. The summed E-state index contributed by atoms with van der Waals surface area (Å²) in [5, 5.41) is 25.9. The van der Waals surface area contributed by atoms with Crippen molar-refractivity contribution >= 4 is 11.5 Å². The Morgan fingerprint density at radius 1 is 1.26 bits per heavy atom. The Morgan fingerprint density at radius 2 is 2.11 bits per heavy atom. The highest BCUT2D eigenvalue weighted by Crippen LogP contribution is 2.27. The maximum Gasteiger partial charge on any atom is 0.177 e. The van der Waals surface area contributed by atoms with Crippen molar-refractivity contribution in [2.45, 2.75) is 25.0 Å². The Kier molecular flexibility index (Phi) is 5.02. The lowest BCUT2D eigenvalue weighted by Gasteiger charge is -2.49. The van der Waals surface area contributed by atoms with Crippen LogP contribution < -0.4 is 5.32 Å². The number of rotatable bonds is 6. The van der Waals surface area contributed by atoms with Gasteiger partial charge in [0.2, 0.25) is 0 Å². The molecule has 0 bridgehead atoms. The number of fused-ring (bicyclic) bond motifs is 1. The molecule has 1 saturated heterocycles. The van der Waals surface area contributed by atoms with Gasteiger partial charge in [-0.1, -0.05) is 30.3 Å². The van der Waals surface area contributed by atoms with Crippen LogP contribution in [0.2, 0.25) is 0 Å². The second-order valence-electron chi connectivity index (χ2n) is 7.07. The number of nitrogens with zero attached hydrogens (tertiary/aromatic N) is 5. The molecule has 1 aromatic carbocycles. The van der Waals surface area contributed by atoms with E-state index in [1.807, 2.05) is 30.3 Å². The average Bonchev–Trinajstić information content (AvgIpc) is 3.17. The SMILES string of the molecule is C[C@@H]1COC[C@@](CO)(CNc2ccc3nncn3n2)N1Cc1ccccc1. The van der Waals surface area contributed by atoms with Gasteiger partial charge in [-0.15, -0.1) is 15.3 Å². The minimum absolute atomic E-state index is 0.00789. The molecule has 142 valence electrons. The van der Waals surface area contributed by atoms with Gasteiger partial charge >= 0.3 is 0 Å². The van der Waals surface area contributed by atoms with Gasteiger partial charge in [-0.25, -0.2) is 0 Å². The fourth-order valence-electron chi connectivity index (χ4n) is 3.59. The highest BCUT2D eigenvalue weighted by molar-refractivity contribution is 5.43. The number of anilines is 1. The van der Waals surface area contributed by atoms with E-state index in [9.17, 15) is 5.11 Å². The second-order valence-corrected chi connectivity index (χ2v) is 7.07. The topological polar surface area (TPSA) is 87.8 Å². The zero-order chi connectivity index (χ0) is 18.7. The third-order valence-corrected chi connectivity index (χ3v) is 5.12. The van der Waals surface area contributed by atoms with Crippen LogP contribution in [-0.4, -0.2) is 67.8 Å². The van der Waals surface area contributed by atoms with Crippen LogP contribution in [0.5, 0.6) is 0 Å². The lowest BCUT2D eigenvalue weighted by Crippen LogP contribution is -2.65. The van der Waals surface area contributed by atoms with Gasteiger partial charge in [0, 0.05) is 19.1 Å². The van der Waals surface area contributed by atoms with Crippen LogP contribution in [0, 0.1) is 0 Å². The summed E-state index contributed by atoms with van der Waals surface area (Å²) < 4.78 is 7.44. The summed E-state index contributed by atoms with van der Waals surface area (Å²) in [5.74, 6) is 0.702. The molecule has 1 fully saturated rings.